The van der Waals surface area contributed by atoms with Crippen LogP contribution in [0.4, 0.5) is 0 Å². The van der Waals surface area contributed by atoms with Gasteiger partial charge in [-0.05, 0) is 0 Å². The summed E-state index contributed by atoms with van der Waals surface area (Å²) in [5, 5.41) is 0. The molecule has 182 valence electrons. The fourth-order valence-electron chi connectivity index (χ4n) is 5.96. The second-order valence-electron chi connectivity index (χ2n) is 10.2. The molecule has 1 aliphatic rings. The van der Waals surface area contributed by atoms with Crippen molar-refractivity contribution in [1.82, 2.24) is 0 Å². The molecule has 0 heterocycles. The Morgan fingerprint density at radius 1 is 0.571 bits per heavy atom. The molecule has 0 unspecified atom stereocenters. The van der Waals surface area contributed by atoms with E-state index >= 15 is 0 Å². The van der Waals surface area contributed by atoms with Gasteiger partial charge in [-0.2, -0.15) is 0 Å². The summed E-state index contributed by atoms with van der Waals surface area (Å²) in [4.78, 5) is 0. The monoisotopic (exact) mass is 570 g/mol. The van der Waals surface area contributed by atoms with Crippen LogP contribution in [-0.2, 0) is 0 Å². The Morgan fingerprint density at radius 3 is 1.60 bits per heavy atom. The first-order valence-electron chi connectivity index (χ1n) is 13.9. The van der Waals surface area contributed by atoms with Crippen LogP contribution < -0.4 is 0 Å². The molecule has 0 atom stereocenters. The Kier molecular flexibility index (Phi) is 9.49. The zero-order valence-electron chi connectivity index (χ0n) is 22.0. The third-order valence-corrected chi connectivity index (χ3v) is 23.5. The molecule has 0 nitrogen and oxygen atoms in total. The van der Waals surface area contributed by atoms with E-state index in [1.54, 1.807) is 11.1 Å². The average Bonchev–Trinajstić information content (AvgIpc) is 3.24. The summed E-state index contributed by atoms with van der Waals surface area (Å²) in [6, 6.07) is 31.6. The Balaban J connectivity index is 2.04. The van der Waals surface area contributed by atoms with Gasteiger partial charge < -0.3 is 0 Å². The first-order chi connectivity index (χ1) is 17.2. The predicted octanol–water partition coefficient (Wildman–Crippen LogP) is 10.5. The minimum atomic E-state index is -2.75. The van der Waals surface area contributed by atoms with Crippen LogP contribution in [0.1, 0.15) is 81.5 Å². The van der Waals surface area contributed by atoms with Crippen LogP contribution >= 0.6 is 0 Å². The van der Waals surface area contributed by atoms with E-state index in [4.69, 9.17) is 0 Å². The minimum absolute atomic E-state index is 1.29. The molecule has 0 N–H and O–H groups in total. The van der Waals surface area contributed by atoms with Gasteiger partial charge in [0.2, 0.25) is 0 Å². The van der Waals surface area contributed by atoms with Crippen molar-refractivity contribution in [2.75, 3.05) is 0 Å². The van der Waals surface area contributed by atoms with E-state index in [-0.39, 0.29) is 0 Å². The van der Waals surface area contributed by atoms with Gasteiger partial charge in [-0.25, -0.2) is 0 Å². The van der Waals surface area contributed by atoms with E-state index in [9.17, 15) is 0 Å². The van der Waals surface area contributed by atoms with Crippen LogP contribution in [0, 0.1) is 0 Å². The van der Waals surface area contributed by atoms with Crippen LogP contribution in [0.25, 0.3) is 20.8 Å². The fourth-order valence-corrected chi connectivity index (χ4v) is 23.6. The molecule has 35 heavy (non-hydrogen) atoms. The van der Waals surface area contributed by atoms with E-state index in [1.165, 1.54) is 74.1 Å². The van der Waals surface area contributed by atoms with E-state index in [2.05, 4.69) is 112 Å². The number of allylic oxidation sites excluding steroid dienone is 2. The van der Waals surface area contributed by atoms with Crippen LogP contribution in [0.15, 0.2) is 84.9 Å². The molecule has 0 amide bonds. The van der Waals surface area contributed by atoms with E-state index in [0.717, 1.165) is 0 Å². The van der Waals surface area contributed by atoms with Gasteiger partial charge in [0, 0.05) is 0 Å². The van der Waals surface area contributed by atoms with E-state index < -0.39 is 18.4 Å². The summed E-state index contributed by atoms with van der Waals surface area (Å²) in [6.07, 6.45) is 10.5. The van der Waals surface area contributed by atoms with Crippen molar-refractivity contribution in [1.29, 1.82) is 0 Å². The van der Waals surface area contributed by atoms with Gasteiger partial charge in [0.1, 0.15) is 0 Å². The Labute approximate surface area is 218 Å². The molecule has 0 aromatic heterocycles. The Hall–Kier alpha value is -2.06. The SMILES string of the molecule is CCC[CH2][Sn]([CH2]CCC)([CH2]CCC)[C]1=C(c2ccccc2)/C(=C/c2ccccc2)c2ccccc21. The first kappa shape index (κ1) is 26.0. The fraction of sp³-hybridized carbons (Fsp3) is 0.353. The van der Waals surface area contributed by atoms with Gasteiger partial charge in [0.25, 0.3) is 0 Å². The molecule has 4 rings (SSSR count). The summed E-state index contributed by atoms with van der Waals surface area (Å²) in [6.45, 7) is 7.14. The summed E-state index contributed by atoms with van der Waals surface area (Å²) < 4.78 is 6.30. The van der Waals surface area contributed by atoms with Crippen LogP contribution in [0.2, 0.25) is 13.3 Å². The second-order valence-corrected chi connectivity index (χ2v) is 23.2. The zero-order valence-corrected chi connectivity index (χ0v) is 24.9. The number of rotatable bonds is 12. The number of hydrogen-bond acceptors (Lipinski definition) is 0. The van der Waals surface area contributed by atoms with Gasteiger partial charge in [0.15, 0.2) is 0 Å². The number of benzene rings is 3. The van der Waals surface area contributed by atoms with E-state index in [0.29, 0.717) is 0 Å². The molecular weight excluding hydrogens is 527 g/mol. The normalized spacial score (nSPS) is 14.5. The third kappa shape index (κ3) is 5.85. The average molecular weight is 569 g/mol. The first-order valence-corrected chi connectivity index (χ1v) is 21.4. The summed E-state index contributed by atoms with van der Waals surface area (Å²) in [5.41, 5.74) is 8.73. The number of hydrogen-bond donors (Lipinski definition) is 0. The molecule has 0 saturated carbocycles. The molecule has 0 aliphatic heterocycles. The van der Waals surface area contributed by atoms with Gasteiger partial charge in [-0.15, -0.1) is 0 Å². The maximum absolute atomic E-state index is 2.75. The molecule has 1 aliphatic carbocycles. The maximum atomic E-state index is 2.46. The van der Waals surface area contributed by atoms with Gasteiger partial charge >= 0.3 is 219 Å². The van der Waals surface area contributed by atoms with Gasteiger partial charge in [-0.3, -0.25) is 0 Å². The van der Waals surface area contributed by atoms with E-state index in [1.807, 2.05) is 3.59 Å². The van der Waals surface area contributed by atoms with Crippen molar-refractivity contribution in [3.05, 3.63) is 107 Å². The molecule has 3 aromatic carbocycles. The van der Waals surface area contributed by atoms with Crippen molar-refractivity contribution in [3.63, 3.8) is 0 Å². The summed E-state index contributed by atoms with van der Waals surface area (Å²) >= 11 is -2.75. The Morgan fingerprint density at radius 2 is 1.06 bits per heavy atom. The molecule has 0 radical (unpaired) electrons. The van der Waals surface area contributed by atoms with Crippen LogP contribution in [0.5, 0.6) is 0 Å². The standard InChI is InChI=1S/C22H15.3C4H9.Sn/c1-3-9-17(10-4-1)15-22-20-14-8-7-13-19(20)16-21(22)18-11-5-2-6-12-18;3*1-3-4-2;/h1-15H;3*1,3-4H2,2H3;/b22-15+;;;;. The molecule has 0 spiro atoms. The number of unbranched alkanes of at least 4 members (excludes halogenated alkanes) is 3. The number of fused-ring (bicyclic) bond motifs is 1. The van der Waals surface area contributed by atoms with Crippen molar-refractivity contribution in [3.8, 4) is 0 Å². The topological polar surface area (TPSA) is 0 Å². The predicted molar refractivity (Wildman–Crippen MR) is 159 cm³/mol. The van der Waals surface area contributed by atoms with Gasteiger partial charge in [0.05, 0.1) is 0 Å². The van der Waals surface area contributed by atoms with Gasteiger partial charge in [-0.1, -0.05) is 0 Å². The zero-order chi connectivity index (χ0) is 24.5. The van der Waals surface area contributed by atoms with Crippen LogP contribution in [-0.4, -0.2) is 18.4 Å². The van der Waals surface area contributed by atoms with Crippen molar-refractivity contribution in [2.45, 2.75) is 72.6 Å². The Bertz CT molecular complexity index is 1120. The molecule has 1 heteroatoms. The molecule has 3 aromatic rings. The molecule has 0 fully saturated rings. The summed E-state index contributed by atoms with van der Waals surface area (Å²) in [5.74, 6) is 0. The van der Waals surface area contributed by atoms with Crippen LogP contribution in [0.3, 0.4) is 0 Å². The molecule has 0 saturated heterocycles. The van der Waals surface area contributed by atoms with Crippen molar-refractivity contribution in [2.24, 2.45) is 0 Å². The van der Waals surface area contributed by atoms with Crippen molar-refractivity contribution < 1.29 is 0 Å². The third-order valence-electron chi connectivity index (χ3n) is 7.74. The molecular formula is C34H42Sn. The quantitative estimate of drug-likeness (QED) is 0.190. The summed E-state index contributed by atoms with van der Waals surface area (Å²) in [7, 11) is 0. The van der Waals surface area contributed by atoms with Crippen molar-refractivity contribution >= 4 is 39.2 Å². The second kappa shape index (κ2) is 12.8. The molecule has 0 bridgehead atoms.